The highest BCUT2D eigenvalue weighted by molar-refractivity contribution is 5.71. The molecular formula is C12H14N2O. The van der Waals surface area contributed by atoms with Crippen LogP contribution in [0.25, 0.3) is 0 Å². The summed E-state index contributed by atoms with van der Waals surface area (Å²) in [7, 11) is 1.64. The van der Waals surface area contributed by atoms with Crippen molar-refractivity contribution >= 4 is 11.4 Å². The fourth-order valence-corrected chi connectivity index (χ4v) is 1.57. The van der Waals surface area contributed by atoms with Crippen molar-refractivity contribution in [2.24, 2.45) is 0 Å². The number of nitrogen functional groups attached to an aromatic ring is 1. The third-order valence-corrected chi connectivity index (χ3v) is 2.36. The molecule has 1 aliphatic rings. The number of hydrogen-bond acceptors (Lipinski definition) is 3. The van der Waals surface area contributed by atoms with Gasteiger partial charge in [-0.1, -0.05) is 12.2 Å². The summed E-state index contributed by atoms with van der Waals surface area (Å²) in [5.41, 5.74) is 7.69. The number of nitrogens with zero attached hydrogens (tertiary/aromatic N) is 1. The predicted molar refractivity (Wildman–Crippen MR) is 63.0 cm³/mol. The maximum atomic E-state index is 5.95. The summed E-state index contributed by atoms with van der Waals surface area (Å²) in [6.07, 6.45) is 8.12. The Morgan fingerprint density at radius 3 is 2.80 bits per heavy atom. The summed E-state index contributed by atoms with van der Waals surface area (Å²) in [4.78, 5) is 2.09. The molecule has 0 bridgehead atoms. The third-order valence-electron chi connectivity index (χ3n) is 2.36. The molecule has 0 spiro atoms. The van der Waals surface area contributed by atoms with Crippen molar-refractivity contribution in [1.29, 1.82) is 0 Å². The van der Waals surface area contributed by atoms with Gasteiger partial charge in [0, 0.05) is 18.8 Å². The fourth-order valence-electron chi connectivity index (χ4n) is 1.57. The van der Waals surface area contributed by atoms with Crippen LogP contribution in [0.1, 0.15) is 0 Å². The average Bonchev–Trinajstić information content (AvgIpc) is 2.30. The highest BCUT2D eigenvalue weighted by Crippen LogP contribution is 2.28. The molecule has 15 heavy (non-hydrogen) atoms. The molecule has 3 nitrogen and oxygen atoms in total. The van der Waals surface area contributed by atoms with Crippen LogP contribution < -0.4 is 15.4 Å². The van der Waals surface area contributed by atoms with E-state index in [2.05, 4.69) is 11.0 Å². The van der Waals surface area contributed by atoms with Crippen LogP contribution >= 0.6 is 0 Å². The summed E-state index contributed by atoms with van der Waals surface area (Å²) >= 11 is 0. The average molecular weight is 202 g/mol. The van der Waals surface area contributed by atoms with Gasteiger partial charge in [0.2, 0.25) is 0 Å². The second-order valence-electron chi connectivity index (χ2n) is 3.35. The van der Waals surface area contributed by atoms with Crippen LogP contribution in [0.4, 0.5) is 11.4 Å². The van der Waals surface area contributed by atoms with Crippen molar-refractivity contribution in [1.82, 2.24) is 0 Å². The van der Waals surface area contributed by atoms with Gasteiger partial charge >= 0.3 is 0 Å². The minimum atomic E-state index is 0.731. The Morgan fingerprint density at radius 2 is 2.20 bits per heavy atom. The fraction of sp³-hybridized carbons (Fsp3) is 0.167. The van der Waals surface area contributed by atoms with Gasteiger partial charge in [-0.3, -0.25) is 0 Å². The number of allylic oxidation sites excluding steroid dienone is 2. The Labute approximate surface area is 89.4 Å². The van der Waals surface area contributed by atoms with Crippen LogP contribution in [0.15, 0.2) is 42.6 Å². The van der Waals surface area contributed by atoms with E-state index in [0.29, 0.717) is 0 Å². The molecule has 0 amide bonds. The quantitative estimate of drug-likeness (QED) is 0.747. The molecule has 78 valence electrons. The highest BCUT2D eigenvalue weighted by atomic mass is 16.5. The standard InChI is InChI=1S/C12H14N2O/c1-15-10-5-6-12(11(13)9-10)14-7-3-2-4-8-14/h2-7,9H,8,13H2,1H3. The van der Waals surface area contributed by atoms with Gasteiger partial charge in [-0.05, 0) is 18.2 Å². The second kappa shape index (κ2) is 4.09. The van der Waals surface area contributed by atoms with E-state index in [0.717, 1.165) is 23.7 Å². The molecule has 2 rings (SSSR count). The number of methoxy groups -OCH3 is 1. The van der Waals surface area contributed by atoms with E-state index in [9.17, 15) is 0 Å². The predicted octanol–water partition coefficient (Wildman–Crippen LogP) is 2.17. The lowest BCUT2D eigenvalue weighted by atomic mass is 10.2. The van der Waals surface area contributed by atoms with Gasteiger partial charge in [-0.15, -0.1) is 0 Å². The molecule has 2 N–H and O–H groups in total. The first-order valence-corrected chi connectivity index (χ1v) is 4.85. The van der Waals surface area contributed by atoms with Gasteiger partial charge in [0.15, 0.2) is 0 Å². The zero-order valence-corrected chi connectivity index (χ0v) is 8.68. The number of rotatable bonds is 2. The normalized spacial score (nSPS) is 14.3. The Hall–Kier alpha value is -1.90. The molecular weight excluding hydrogens is 188 g/mol. The molecule has 1 aromatic rings. The summed E-state index contributed by atoms with van der Waals surface area (Å²) in [5, 5.41) is 0. The maximum absolute atomic E-state index is 5.95. The van der Waals surface area contributed by atoms with E-state index in [1.165, 1.54) is 0 Å². The molecule has 0 atom stereocenters. The van der Waals surface area contributed by atoms with E-state index in [4.69, 9.17) is 10.5 Å². The van der Waals surface area contributed by atoms with Gasteiger partial charge in [0.05, 0.1) is 18.5 Å². The third kappa shape index (κ3) is 1.96. The Bertz CT molecular complexity index is 410. The van der Waals surface area contributed by atoms with Gasteiger partial charge in [0.25, 0.3) is 0 Å². The molecule has 0 fully saturated rings. The molecule has 3 heteroatoms. The molecule has 0 aromatic heterocycles. The lowest BCUT2D eigenvalue weighted by Gasteiger charge is -2.22. The molecule has 0 radical (unpaired) electrons. The maximum Gasteiger partial charge on any atom is 0.121 e. The minimum Gasteiger partial charge on any atom is -0.497 e. The highest BCUT2D eigenvalue weighted by Gasteiger charge is 2.07. The minimum absolute atomic E-state index is 0.731. The van der Waals surface area contributed by atoms with E-state index in [1.54, 1.807) is 7.11 Å². The largest absolute Gasteiger partial charge is 0.497 e. The lowest BCUT2D eigenvalue weighted by Crippen LogP contribution is -2.18. The summed E-state index contributed by atoms with van der Waals surface area (Å²) < 4.78 is 5.11. The number of nitrogens with two attached hydrogens (primary N) is 1. The van der Waals surface area contributed by atoms with Crippen molar-refractivity contribution in [3.05, 3.63) is 42.6 Å². The monoisotopic (exact) mass is 202 g/mol. The first-order chi connectivity index (χ1) is 7.31. The zero-order chi connectivity index (χ0) is 10.7. The van der Waals surface area contributed by atoms with E-state index in [-0.39, 0.29) is 0 Å². The topological polar surface area (TPSA) is 38.5 Å². The van der Waals surface area contributed by atoms with Crippen LogP contribution in [0, 0.1) is 0 Å². The lowest BCUT2D eigenvalue weighted by molar-refractivity contribution is 0.415. The van der Waals surface area contributed by atoms with Crippen molar-refractivity contribution in [2.45, 2.75) is 0 Å². The molecule has 0 aliphatic carbocycles. The molecule has 0 saturated heterocycles. The Morgan fingerprint density at radius 1 is 1.33 bits per heavy atom. The van der Waals surface area contributed by atoms with Crippen LogP contribution in [-0.4, -0.2) is 13.7 Å². The molecule has 1 aliphatic heterocycles. The van der Waals surface area contributed by atoms with E-state index in [1.807, 2.05) is 36.6 Å². The smallest absolute Gasteiger partial charge is 0.121 e. The zero-order valence-electron chi connectivity index (χ0n) is 8.68. The van der Waals surface area contributed by atoms with Crippen molar-refractivity contribution in [2.75, 3.05) is 24.3 Å². The van der Waals surface area contributed by atoms with Crippen LogP contribution in [0.3, 0.4) is 0 Å². The first kappa shape index (κ1) is 9.65. The summed E-state index contributed by atoms with van der Waals surface area (Å²) in [5.74, 6) is 0.785. The van der Waals surface area contributed by atoms with E-state index < -0.39 is 0 Å². The first-order valence-electron chi connectivity index (χ1n) is 4.85. The molecule has 0 saturated carbocycles. The number of ether oxygens (including phenoxy) is 1. The van der Waals surface area contributed by atoms with Crippen molar-refractivity contribution < 1.29 is 4.74 Å². The van der Waals surface area contributed by atoms with Crippen molar-refractivity contribution in [3.8, 4) is 5.75 Å². The molecule has 1 aromatic carbocycles. The SMILES string of the molecule is COc1ccc(N2C=CC=CC2)c(N)c1. The second-order valence-corrected chi connectivity index (χ2v) is 3.35. The number of hydrogen-bond donors (Lipinski definition) is 1. The molecule has 1 heterocycles. The molecule has 0 unspecified atom stereocenters. The summed E-state index contributed by atoms with van der Waals surface area (Å²) in [6.45, 7) is 0.854. The van der Waals surface area contributed by atoms with Gasteiger partial charge in [0.1, 0.15) is 5.75 Å². The van der Waals surface area contributed by atoms with Crippen molar-refractivity contribution in [3.63, 3.8) is 0 Å². The van der Waals surface area contributed by atoms with Crippen LogP contribution in [0.2, 0.25) is 0 Å². The summed E-state index contributed by atoms with van der Waals surface area (Å²) in [6, 6.07) is 5.72. The Kier molecular flexibility index (Phi) is 2.63. The van der Waals surface area contributed by atoms with Gasteiger partial charge in [-0.2, -0.15) is 0 Å². The van der Waals surface area contributed by atoms with Crippen LogP contribution in [0.5, 0.6) is 5.75 Å². The number of anilines is 2. The van der Waals surface area contributed by atoms with Gasteiger partial charge < -0.3 is 15.4 Å². The number of benzene rings is 1. The Balaban J connectivity index is 2.28. The van der Waals surface area contributed by atoms with E-state index >= 15 is 0 Å². The van der Waals surface area contributed by atoms with Crippen LogP contribution in [-0.2, 0) is 0 Å². The van der Waals surface area contributed by atoms with Gasteiger partial charge in [-0.25, -0.2) is 0 Å².